The number of halogens is 3. The maximum atomic E-state index is 12.6. The number of nitrogens with zero attached hydrogens (tertiary/aromatic N) is 3. The van der Waals surface area contributed by atoms with Crippen LogP contribution in [-0.4, -0.2) is 38.9 Å². The van der Waals surface area contributed by atoms with Gasteiger partial charge in [-0.3, -0.25) is 10.1 Å². The number of carbonyl (C=O) groups excluding carboxylic acids is 2. The zero-order valence-corrected chi connectivity index (χ0v) is 16.2. The number of benzene rings is 1. The third kappa shape index (κ3) is 4.06. The molecule has 32 heavy (non-hydrogen) atoms. The van der Waals surface area contributed by atoms with Crippen molar-refractivity contribution in [3.8, 4) is 17.0 Å². The normalized spacial score (nSPS) is 17.5. The van der Waals surface area contributed by atoms with Gasteiger partial charge in [-0.25, -0.2) is 9.78 Å². The molecule has 2 aliphatic rings. The van der Waals surface area contributed by atoms with Gasteiger partial charge < -0.3 is 15.4 Å². The van der Waals surface area contributed by atoms with E-state index in [2.05, 4.69) is 30.8 Å². The van der Waals surface area contributed by atoms with Gasteiger partial charge in [-0.2, -0.15) is 9.61 Å². The van der Waals surface area contributed by atoms with E-state index in [0.29, 0.717) is 28.3 Å². The third-order valence-corrected chi connectivity index (χ3v) is 4.81. The van der Waals surface area contributed by atoms with E-state index in [9.17, 15) is 22.8 Å². The Hall–Kier alpha value is -4.09. The van der Waals surface area contributed by atoms with Crippen LogP contribution in [0.4, 0.5) is 23.8 Å². The van der Waals surface area contributed by atoms with Crippen molar-refractivity contribution in [3.63, 3.8) is 0 Å². The summed E-state index contributed by atoms with van der Waals surface area (Å²) in [5, 5.41) is 12.1. The standard InChI is InChI=1S/C20H15F3N6O3/c21-20(22,23)32-13-3-1-2-10(6-13)14-8-16(25-12-4-5-12)29-17(26-14)11(9-24-29)7-15-18(30)28-19(31)27-15/h1-3,6-9,12,25H,4-5H2,(H2,27,28,30,31)/b15-7-. The SMILES string of the molecule is O=C1NC(=O)/C(=C/c2cnn3c(NC4CC4)cc(-c4cccc(OC(F)(F)F)c4)nc23)N1. The fraction of sp³-hybridized carbons (Fsp3) is 0.200. The summed E-state index contributed by atoms with van der Waals surface area (Å²) in [5.41, 5.74) is 1.62. The molecular weight excluding hydrogens is 429 g/mol. The summed E-state index contributed by atoms with van der Waals surface area (Å²) in [6.07, 6.45) is 0.0736. The van der Waals surface area contributed by atoms with Crippen LogP contribution in [-0.2, 0) is 4.79 Å². The van der Waals surface area contributed by atoms with Crippen LogP contribution in [0.5, 0.6) is 5.75 Å². The van der Waals surface area contributed by atoms with Crippen molar-refractivity contribution in [1.82, 2.24) is 25.2 Å². The first kappa shape index (κ1) is 19.8. The molecule has 1 saturated carbocycles. The number of hydrogen-bond acceptors (Lipinski definition) is 6. The van der Waals surface area contributed by atoms with Crippen LogP contribution in [0, 0.1) is 0 Å². The van der Waals surface area contributed by atoms with Crippen LogP contribution in [0.3, 0.4) is 0 Å². The number of anilines is 1. The van der Waals surface area contributed by atoms with Gasteiger partial charge in [-0.15, -0.1) is 13.2 Å². The lowest BCUT2D eigenvalue weighted by molar-refractivity contribution is -0.274. The number of ether oxygens (including phenoxy) is 1. The largest absolute Gasteiger partial charge is 0.573 e. The lowest BCUT2D eigenvalue weighted by Crippen LogP contribution is -2.22. The van der Waals surface area contributed by atoms with Crippen LogP contribution < -0.4 is 20.7 Å². The summed E-state index contributed by atoms with van der Waals surface area (Å²) in [6.45, 7) is 0. The van der Waals surface area contributed by atoms with E-state index in [0.717, 1.165) is 12.8 Å². The van der Waals surface area contributed by atoms with Gasteiger partial charge >= 0.3 is 12.4 Å². The molecule has 1 aromatic carbocycles. The Morgan fingerprint density at radius 3 is 2.69 bits per heavy atom. The average molecular weight is 444 g/mol. The molecule has 1 aliphatic heterocycles. The highest BCUT2D eigenvalue weighted by molar-refractivity contribution is 6.14. The zero-order chi connectivity index (χ0) is 22.5. The van der Waals surface area contributed by atoms with Crippen molar-refractivity contribution in [2.45, 2.75) is 25.2 Å². The lowest BCUT2D eigenvalue weighted by Gasteiger charge is -2.12. The number of carbonyl (C=O) groups is 2. The van der Waals surface area contributed by atoms with Crippen molar-refractivity contribution in [3.05, 3.63) is 47.8 Å². The number of imide groups is 1. The molecule has 9 nitrogen and oxygen atoms in total. The second kappa shape index (κ2) is 7.25. The van der Waals surface area contributed by atoms with E-state index in [1.54, 1.807) is 16.6 Å². The Morgan fingerprint density at radius 1 is 1.19 bits per heavy atom. The molecule has 2 fully saturated rings. The molecule has 0 atom stereocenters. The van der Waals surface area contributed by atoms with Gasteiger partial charge in [0.25, 0.3) is 5.91 Å². The second-order valence-electron chi connectivity index (χ2n) is 7.32. The molecule has 0 radical (unpaired) electrons. The van der Waals surface area contributed by atoms with E-state index in [-0.39, 0.29) is 17.5 Å². The molecule has 1 saturated heterocycles. The Balaban J connectivity index is 1.60. The molecule has 0 spiro atoms. The van der Waals surface area contributed by atoms with Crippen LogP contribution in [0.15, 0.2) is 42.2 Å². The number of rotatable bonds is 5. The van der Waals surface area contributed by atoms with Gasteiger partial charge in [0.2, 0.25) is 0 Å². The van der Waals surface area contributed by atoms with Gasteiger partial charge in [0, 0.05) is 23.2 Å². The third-order valence-electron chi connectivity index (χ3n) is 4.81. The highest BCUT2D eigenvalue weighted by Gasteiger charge is 2.31. The molecule has 0 unspecified atom stereocenters. The average Bonchev–Trinajstić information content (AvgIpc) is 3.35. The molecule has 2 aromatic heterocycles. The number of fused-ring (bicyclic) bond motifs is 1. The Kier molecular flexibility index (Phi) is 4.50. The second-order valence-corrected chi connectivity index (χ2v) is 7.32. The summed E-state index contributed by atoms with van der Waals surface area (Å²) in [4.78, 5) is 27.8. The number of hydrogen-bond donors (Lipinski definition) is 3. The Labute approximate surface area is 178 Å². The van der Waals surface area contributed by atoms with Gasteiger partial charge in [-0.05, 0) is 31.1 Å². The molecule has 3 N–H and O–H groups in total. The van der Waals surface area contributed by atoms with Crippen LogP contribution >= 0.6 is 0 Å². The molecule has 5 rings (SSSR count). The first-order chi connectivity index (χ1) is 15.2. The van der Waals surface area contributed by atoms with Gasteiger partial charge in [-0.1, -0.05) is 12.1 Å². The minimum Gasteiger partial charge on any atom is -0.406 e. The Morgan fingerprint density at radius 2 is 2.00 bits per heavy atom. The molecule has 164 valence electrons. The number of alkyl halides is 3. The number of aromatic nitrogens is 3. The van der Waals surface area contributed by atoms with Crippen LogP contribution in [0.25, 0.3) is 23.0 Å². The predicted octanol–water partition coefficient (Wildman–Crippen LogP) is 3.05. The minimum absolute atomic E-state index is 0.0365. The summed E-state index contributed by atoms with van der Waals surface area (Å²) in [5.74, 6) is -0.354. The molecule has 3 heterocycles. The highest BCUT2D eigenvalue weighted by atomic mass is 19.4. The fourth-order valence-corrected chi connectivity index (χ4v) is 3.26. The molecule has 3 aromatic rings. The van der Waals surface area contributed by atoms with Gasteiger partial charge in [0.05, 0.1) is 11.9 Å². The van der Waals surface area contributed by atoms with Gasteiger partial charge in [0.15, 0.2) is 5.65 Å². The number of amides is 3. The summed E-state index contributed by atoms with van der Waals surface area (Å²) < 4.78 is 43.5. The van der Waals surface area contributed by atoms with Crippen molar-refractivity contribution in [2.75, 3.05) is 5.32 Å². The maximum Gasteiger partial charge on any atom is 0.573 e. The number of nitrogens with one attached hydrogen (secondary N) is 3. The molecule has 0 bridgehead atoms. The highest BCUT2D eigenvalue weighted by Crippen LogP contribution is 2.31. The molecular formula is C20H15F3N6O3. The lowest BCUT2D eigenvalue weighted by atomic mass is 10.1. The van der Waals surface area contributed by atoms with Crippen molar-refractivity contribution >= 4 is 29.5 Å². The first-order valence-electron chi connectivity index (χ1n) is 9.61. The van der Waals surface area contributed by atoms with Crippen molar-refractivity contribution in [1.29, 1.82) is 0 Å². The molecule has 1 aliphatic carbocycles. The summed E-state index contributed by atoms with van der Waals surface area (Å²) in [7, 11) is 0. The van der Waals surface area contributed by atoms with E-state index < -0.39 is 18.3 Å². The monoisotopic (exact) mass is 444 g/mol. The predicted molar refractivity (Wildman–Crippen MR) is 106 cm³/mol. The summed E-state index contributed by atoms with van der Waals surface area (Å²) >= 11 is 0. The molecule has 12 heteroatoms. The Bertz CT molecular complexity index is 1280. The fourth-order valence-electron chi connectivity index (χ4n) is 3.26. The first-order valence-corrected chi connectivity index (χ1v) is 9.61. The quantitative estimate of drug-likeness (QED) is 0.412. The summed E-state index contributed by atoms with van der Waals surface area (Å²) in [6, 6.07) is 6.81. The van der Waals surface area contributed by atoms with E-state index in [4.69, 9.17) is 0 Å². The van der Waals surface area contributed by atoms with Crippen molar-refractivity contribution < 1.29 is 27.5 Å². The van der Waals surface area contributed by atoms with Crippen molar-refractivity contribution in [2.24, 2.45) is 0 Å². The maximum absolute atomic E-state index is 12.6. The van der Waals surface area contributed by atoms with E-state index in [1.165, 1.54) is 30.5 Å². The minimum atomic E-state index is -4.81. The van der Waals surface area contributed by atoms with E-state index in [1.807, 2.05) is 0 Å². The van der Waals surface area contributed by atoms with Gasteiger partial charge in [0.1, 0.15) is 17.3 Å². The molecule has 3 amide bonds. The number of urea groups is 1. The topological polar surface area (TPSA) is 110 Å². The van der Waals surface area contributed by atoms with Crippen LogP contribution in [0.1, 0.15) is 18.4 Å². The van der Waals surface area contributed by atoms with E-state index >= 15 is 0 Å². The van der Waals surface area contributed by atoms with Crippen LogP contribution in [0.2, 0.25) is 0 Å². The zero-order valence-electron chi connectivity index (χ0n) is 16.2. The smallest absolute Gasteiger partial charge is 0.406 e.